The quantitative estimate of drug-likeness (QED) is 0.605. The third-order valence-corrected chi connectivity index (χ3v) is 2.86. The number of carbonyl (C=O) groups excluding carboxylic acids is 1. The van der Waals surface area contributed by atoms with E-state index in [0.29, 0.717) is 0 Å². The van der Waals surface area contributed by atoms with Crippen molar-refractivity contribution in [1.29, 1.82) is 0 Å². The summed E-state index contributed by atoms with van der Waals surface area (Å²) in [6, 6.07) is -0.155. The molecule has 1 aliphatic carbocycles. The van der Waals surface area contributed by atoms with Crippen LogP contribution in [0.3, 0.4) is 0 Å². The molecule has 1 aliphatic rings. The summed E-state index contributed by atoms with van der Waals surface area (Å²) in [5.41, 5.74) is 0. The summed E-state index contributed by atoms with van der Waals surface area (Å²) in [6.07, 6.45) is 5.07. The Labute approximate surface area is 76.2 Å². The van der Waals surface area contributed by atoms with Gasteiger partial charge < -0.3 is 10.4 Å². The van der Waals surface area contributed by atoms with Gasteiger partial charge in [-0.25, -0.2) is 0 Å². The zero-order chi connectivity index (χ0) is 9.14. The van der Waals surface area contributed by atoms with Gasteiger partial charge in [0.05, 0.1) is 12.1 Å². The summed E-state index contributed by atoms with van der Waals surface area (Å²) in [5.74, 6) is -0.0956. The Morgan fingerprint density at radius 1 is 1.58 bits per heavy atom. The Balaban J connectivity index is 2.55. The van der Waals surface area contributed by atoms with E-state index in [0.717, 1.165) is 0 Å². The van der Waals surface area contributed by atoms with Gasteiger partial charge in [0, 0.05) is 12.2 Å². The molecule has 0 saturated heterocycles. The first-order chi connectivity index (χ1) is 5.65. The molecule has 2 N–H and O–H groups in total. The minimum atomic E-state index is -0.536. The number of aliphatic hydroxyl groups is 1. The number of amides is 1. The van der Waals surface area contributed by atoms with Crippen molar-refractivity contribution in [3.63, 3.8) is 0 Å². The van der Waals surface area contributed by atoms with Crippen LogP contribution in [0.15, 0.2) is 12.2 Å². The Morgan fingerprint density at radius 2 is 2.25 bits per heavy atom. The van der Waals surface area contributed by atoms with Crippen LogP contribution >= 0.6 is 11.8 Å². The highest BCUT2D eigenvalue weighted by atomic mass is 32.2. The second kappa shape index (κ2) is 3.96. The number of carbonyl (C=O) groups is 1. The summed E-state index contributed by atoms with van der Waals surface area (Å²) >= 11 is 1.62. The summed E-state index contributed by atoms with van der Waals surface area (Å²) in [5, 5.41) is 12.3. The fourth-order valence-electron chi connectivity index (χ4n) is 1.28. The average Bonchev–Trinajstić information content (AvgIpc) is 2.32. The molecule has 68 valence electrons. The molecule has 0 unspecified atom stereocenters. The first kappa shape index (κ1) is 9.61. The average molecular weight is 187 g/mol. The molecule has 0 aromatic heterocycles. The third-order valence-electron chi connectivity index (χ3n) is 1.86. The number of hydrogen-bond acceptors (Lipinski definition) is 3. The number of aliphatic hydroxyl groups excluding tert-OH is 1. The van der Waals surface area contributed by atoms with E-state index in [-0.39, 0.29) is 17.2 Å². The topological polar surface area (TPSA) is 49.3 Å². The molecule has 0 aliphatic heterocycles. The van der Waals surface area contributed by atoms with Crippen molar-refractivity contribution in [3.8, 4) is 0 Å². The van der Waals surface area contributed by atoms with Crippen LogP contribution in [-0.2, 0) is 4.79 Å². The van der Waals surface area contributed by atoms with Crippen molar-refractivity contribution < 1.29 is 9.90 Å². The maximum atomic E-state index is 10.7. The molecule has 0 heterocycles. The molecular weight excluding hydrogens is 174 g/mol. The fourth-order valence-corrected chi connectivity index (χ4v) is 2.05. The zero-order valence-electron chi connectivity index (χ0n) is 7.15. The van der Waals surface area contributed by atoms with Gasteiger partial charge in [-0.15, -0.1) is 0 Å². The van der Waals surface area contributed by atoms with Gasteiger partial charge in [0.2, 0.25) is 5.91 Å². The van der Waals surface area contributed by atoms with Crippen LogP contribution in [-0.4, -0.2) is 34.7 Å². The number of hydrogen-bond donors (Lipinski definition) is 2. The SMILES string of the molecule is CS[C@H]1C=C[C@@H](O)[C@@H]1NC(C)=O. The molecular formula is C8H13NO2S. The minimum Gasteiger partial charge on any atom is -0.387 e. The van der Waals surface area contributed by atoms with Crippen molar-refractivity contribution in [3.05, 3.63) is 12.2 Å². The lowest BCUT2D eigenvalue weighted by Gasteiger charge is -2.21. The minimum absolute atomic E-state index is 0.0956. The molecule has 3 nitrogen and oxygen atoms in total. The van der Waals surface area contributed by atoms with Crippen molar-refractivity contribution in [2.45, 2.75) is 24.3 Å². The first-order valence-electron chi connectivity index (χ1n) is 3.81. The van der Waals surface area contributed by atoms with Gasteiger partial charge in [-0.2, -0.15) is 11.8 Å². The lowest BCUT2D eigenvalue weighted by atomic mass is 10.2. The number of thioether (sulfide) groups is 1. The van der Waals surface area contributed by atoms with Crippen molar-refractivity contribution in [1.82, 2.24) is 5.32 Å². The highest BCUT2D eigenvalue weighted by Gasteiger charge is 2.29. The molecule has 1 rings (SSSR count). The van der Waals surface area contributed by atoms with Gasteiger partial charge in [-0.1, -0.05) is 12.2 Å². The van der Waals surface area contributed by atoms with E-state index in [4.69, 9.17) is 0 Å². The Hall–Kier alpha value is -0.480. The predicted molar refractivity (Wildman–Crippen MR) is 50.1 cm³/mol. The smallest absolute Gasteiger partial charge is 0.217 e. The van der Waals surface area contributed by atoms with Crippen molar-refractivity contribution in [2.24, 2.45) is 0 Å². The van der Waals surface area contributed by atoms with E-state index in [2.05, 4.69) is 5.32 Å². The summed E-state index contributed by atoms with van der Waals surface area (Å²) in [4.78, 5) is 10.7. The van der Waals surface area contributed by atoms with Crippen LogP contribution < -0.4 is 5.32 Å². The summed E-state index contributed by atoms with van der Waals surface area (Å²) in [6.45, 7) is 1.46. The van der Waals surface area contributed by atoms with Gasteiger partial charge in [-0.3, -0.25) is 4.79 Å². The van der Waals surface area contributed by atoms with Crippen molar-refractivity contribution in [2.75, 3.05) is 6.26 Å². The molecule has 3 atom stereocenters. The molecule has 0 saturated carbocycles. The lowest BCUT2D eigenvalue weighted by Crippen LogP contribution is -2.44. The molecule has 1 amide bonds. The molecule has 0 aromatic carbocycles. The Morgan fingerprint density at radius 3 is 2.75 bits per heavy atom. The van der Waals surface area contributed by atoms with E-state index >= 15 is 0 Å². The lowest BCUT2D eigenvalue weighted by molar-refractivity contribution is -0.120. The molecule has 4 heteroatoms. The van der Waals surface area contributed by atoms with Crippen LogP contribution in [0.4, 0.5) is 0 Å². The molecule has 0 fully saturated rings. The van der Waals surface area contributed by atoms with E-state index in [1.165, 1.54) is 6.92 Å². The third kappa shape index (κ3) is 2.01. The Bertz CT molecular complexity index is 205. The van der Waals surface area contributed by atoms with Gasteiger partial charge in [0.25, 0.3) is 0 Å². The maximum absolute atomic E-state index is 10.7. The molecule has 0 radical (unpaired) electrons. The van der Waals surface area contributed by atoms with Crippen LogP contribution in [0.1, 0.15) is 6.92 Å². The van der Waals surface area contributed by atoms with Crippen LogP contribution in [0, 0.1) is 0 Å². The standard InChI is InChI=1S/C8H13NO2S/c1-5(10)9-8-6(11)3-4-7(8)12-2/h3-4,6-8,11H,1-2H3,(H,9,10)/t6-,7+,8+/m1/s1. The monoisotopic (exact) mass is 187 g/mol. The molecule has 0 bridgehead atoms. The second-order valence-corrected chi connectivity index (χ2v) is 3.82. The normalized spacial score (nSPS) is 33.8. The van der Waals surface area contributed by atoms with Gasteiger partial charge in [-0.05, 0) is 6.26 Å². The number of nitrogens with one attached hydrogen (secondary N) is 1. The maximum Gasteiger partial charge on any atom is 0.217 e. The van der Waals surface area contributed by atoms with E-state index in [1.54, 1.807) is 17.8 Å². The van der Waals surface area contributed by atoms with Crippen LogP contribution in [0.2, 0.25) is 0 Å². The van der Waals surface area contributed by atoms with Crippen LogP contribution in [0.25, 0.3) is 0 Å². The van der Waals surface area contributed by atoms with Gasteiger partial charge >= 0.3 is 0 Å². The van der Waals surface area contributed by atoms with Crippen molar-refractivity contribution >= 4 is 17.7 Å². The number of rotatable bonds is 2. The summed E-state index contributed by atoms with van der Waals surface area (Å²) < 4.78 is 0. The zero-order valence-corrected chi connectivity index (χ0v) is 7.97. The summed E-state index contributed by atoms with van der Waals surface area (Å²) in [7, 11) is 0. The molecule has 0 spiro atoms. The van der Waals surface area contributed by atoms with E-state index in [1.807, 2.05) is 12.3 Å². The second-order valence-electron chi connectivity index (χ2n) is 2.80. The highest BCUT2D eigenvalue weighted by molar-refractivity contribution is 7.99. The molecule has 0 aromatic rings. The van der Waals surface area contributed by atoms with E-state index in [9.17, 15) is 9.90 Å². The van der Waals surface area contributed by atoms with Gasteiger partial charge in [0.1, 0.15) is 0 Å². The van der Waals surface area contributed by atoms with Crippen LogP contribution in [0.5, 0.6) is 0 Å². The predicted octanol–water partition coefficient (Wildman–Crippen LogP) is 0.153. The van der Waals surface area contributed by atoms with E-state index < -0.39 is 6.10 Å². The Kier molecular flexibility index (Phi) is 3.17. The largest absolute Gasteiger partial charge is 0.387 e. The van der Waals surface area contributed by atoms with Gasteiger partial charge in [0.15, 0.2) is 0 Å². The highest BCUT2D eigenvalue weighted by Crippen LogP contribution is 2.22. The fraction of sp³-hybridized carbons (Fsp3) is 0.625. The molecule has 12 heavy (non-hydrogen) atoms. The first-order valence-corrected chi connectivity index (χ1v) is 5.10.